The molecule has 5 heteroatoms. The van der Waals surface area contributed by atoms with Gasteiger partial charge >= 0.3 is 0 Å². The van der Waals surface area contributed by atoms with Gasteiger partial charge in [-0.15, -0.1) is 0 Å². The summed E-state index contributed by atoms with van der Waals surface area (Å²) in [5.74, 6) is 0. The Labute approximate surface area is 132 Å². The fraction of sp³-hybridized carbons (Fsp3) is 0.412. The fourth-order valence-corrected chi connectivity index (χ4v) is 4.67. The molecule has 4 nitrogen and oxygen atoms in total. The van der Waals surface area contributed by atoms with Crippen molar-refractivity contribution in [3.05, 3.63) is 53.3 Å². The van der Waals surface area contributed by atoms with Crippen LogP contribution in [0, 0.1) is 13.8 Å². The minimum Gasteiger partial charge on any atom is -0.353 e. The van der Waals surface area contributed by atoms with Crippen molar-refractivity contribution in [2.75, 3.05) is 0 Å². The van der Waals surface area contributed by atoms with E-state index in [1.54, 1.807) is 10.4 Å². The summed E-state index contributed by atoms with van der Waals surface area (Å²) in [4.78, 5) is 0.430. The fourth-order valence-electron chi connectivity index (χ4n) is 2.81. The molecule has 1 fully saturated rings. The van der Waals surface area contributed by atoms with E-state index >= 15 is 0 Å². The number of hydrogen-bond donors (Lipinski definition) is 0. The van der Waals surface area contributed by atoms with E-state index in [9.17, 15) is 8.42 Å². The number of sulfonamides is 1. The predicted octanol–water partition coefficient (Wildman–Crippen LogP) is 3.00. The van der Waals surface area contributed by atoms with Gasteiger partial charge in [0, 0.05) is 25.0 Å². The number of nitrogens with zero attached hydrogens (tertiary/aromatic N) is 2. The Morgan fingerprint density at radius 2 is 1.95 bits per heavy atom. The molecule has 0 radical (unpaired) electrons. The van der Waals surface area contributed by atoms with Crippen LogP contribution in [-0.4, -0.2) is 23.3 Å². The van der Waals surface area contributed by atoms with Gasteiger partial charge in [0.1, 0.15) is 0 Å². The molecule has 1 aromatic carbocycles. The minimum absolute atomic E-state index is 0.139. The number of aromatic nitrogens is 1. The summed E-state index contributed by atoms with van der Waals surface area (Å²) >= 11 is 0. The smallest absolute Gasteiger partial charge is 0.243 e. The maximum Gasteiger partial charge on any atom is 0.243 e. The summed E-state index contributed by atoms with van der Waals surface area (Å²) in [6, 6.07) is 9.60. The lowest BCUT2D eigenvalue weighted by Gasteiger charge is -2.23. The van der Waals surface area contributed by atoms with Crippen LogP contribution in [0.1, 0.15) is 29.7 Å². The molecule has 1 heterocycles. The van der Waals surface area contributed by atoms with E-state index in [1.807, 2.05) is 55.9 Å². The summed E-state index contributed by atoms with van der Waals surface area (Å²) < 4.78 is 29.8. The van der Waals surface area contributed by atoms with Crippen LogP contribution in [0.4, 0.5) is 0 Å². The molecule has 2 aromatic rings. The highest BCUT2D eigenvalue weighted by Gasteiger charge is 2.38. The van der Waals surface area contributed by atoms with Gasteiger partial charge in [-0.3, -0.25) is 0 Å². The summed E-state index contributed by atoms with van der Waals surface area (Å²) in [7, 11) is -1.51. The van der Waals surface area contributed by atoms with E-state index in [2.05, 4.69) is 0 Å². The third-order valence-electron chi connectivity index (χ3n) is 4.24. The van der Waals surface area contributed by atoms with Crippen LogP contribution in [0.3, 0.4) is 0 Å². The first-order chi connectivity index (χ1) is 10.4. The van der Waals surface area contributed by atoms with Gasteiger partial charge in [-0.25, -0.2) is 8.42 Å². The predicted molar refractivity (Wildman–Crippen MR) is 87.1 cm³/mol. The molecule has 118 valence electrons. The Morgan fingerprint density at radius 1 is 1.23 bits per heavy atom. The van der Waals surface area contributed by atoms with Crippen molar-refractivity contribution in [2.24, 2.45) is 7.05 Å². The molecule has 0 unspecified atom stereocenters. The molecule has 0 bridgehead atoms. The van der Waals surface area contributed by atoms with Gasteiger partial charge in [0.05, 0.1) is 11.4 Å². The number of rotatable bonds is 5. The topological polar surface area (TPSA) is 42.3 Å². The van der Waals surface area contributed by atoms with Gasteiger partial charge in [-0.2, -0.15) is 4.31 Å². The molecule has 0 atom stereocenters. The summed E-state index contributed by atoms with van der Waals surface area (Å²) in [5, 5.41) is 0. The van der Waals surface area contributed by atoms with Crippen molar-refractivity contribution >= 4 is 10.0 Å². The third kappa shape index (κ3) is 2.83. The molecule has 0 spiro atoms. The zero-order valence-corrected chi connectivity index (χ0v) is 14.1. The van der Waals surface area contributed by atoms with E-state index in [1.165, 1.54) is 0 Å². The van der Waals surface area contributed by atoms with Crippen molar-refractivity contribution < 1.29 is 8.42 Å². The molecule has 0 saturated heterocycles. The molecule has 1 aromatic heterocycles. The number of benzene rings is 1. The zero-order valence-electron chi connectivity index (χ0n) is 13.3. The second kappa shape index (κ2) is 5.56. The molecule has 1 aliphatic carbocycles. The molecular weight excluding hydrogens is 296 g/mol. The van der Waals surface area contributed by atoms with Crippen LogP contribution >= 0.6 is 0 Å². The second-order valence-corrected chi connectivity index (χ2v) is 8.02. The van der Waals surface area contributed by atoms with Crippen LogP contribution in [0.2, 0.25) is 0 Å². The van der Waals surface area contributed by atoms with Crippen LogP contribution in [0.5, 0.6) is 0 Å². The lowest BCUT2D eigenvalue weighted by molar-refractivity contribution is 0.390. The van der Waals surface area contributed by atoms with E-state index in [0.29, 0.717) is 11.4 Å². The maximum atomic E-state index is 13.1. The van der Waals surface area contributed by atoms with E-state index < -0.39 is 10.0 Å². The largest absolute Gasteiger partial charge is 0.353 e. The minimum atomic E-state index is -3.46. The van der Waals surface area contributed by atoms with E-state index in [4.69, 9.17) is 0 Å². The SMILES string of the molecule is Cc1ccc(S(=O)(=O)N(Cc2cccn2C)C2CC2)c(C)c1. The van der Waals surface area contributed by atoms with Crippen molar-refractivity contribution in [3.8, 4) is 0 Å². The van der Waals surface area contributed by atoms with Gasteiger partial charge in [-0.1, -0.05) is 17.7 Å². The summed E-state index contributed by atoms with van der Waals surface area (Å²) in [6.45, 7) is 4.28. The molecule has 1 aliphatic rings. The standard InChI is InChI=1S/C17H22N2O2S/c1-13-6-9-17(14(2)11-13)22(20,21)19(15-7-8-15)12-16-5-4-10-18(16)3/h4-6,9-11,15H,7-8,12H2,1-3H3. The Hall–Kier alpha value is -1.59. The van der Waals surface area contributed by atoms with Crippen molar-refractivity contribution in [1.82, 2.24) is 8.87 Å². The average Bonchev–Trinajstić information content (AvgIpc) is 3.19. The zero-order chi connectivity index (χ0) is 15.9. The van der Waals surface area contributed by atoms with Crippen molar-refractivity contribution in [1.29, 1.82) is 0 Å². The monoisotopic (exact) mass is 318 g/mol. The normalized spacial score (nSPS) is 15.5. The Bertz CT molecular complexity index is 789. The van der Waals surface area contributed by atoms with Gasteiger partial charge in [-0.05, 0) is 50.5 Å². The Morgan fingerprint density at radius 3 is 2.50 bits per heavy atom. The highest BCUT2D eigenvalue weighted by molar-refractivity contribution is 7.89. The molecule has 0 amide bonds. The van der Waals surface area contributed by atoms with Gasteiger partial charge < -0.3 is 4.57 Å². The highest BCUT2D eigenvalue weighted by atomic mass is 32.2. The van der Waals surface area contributed by atoms with Gasteiger partial charge in [0.2, 0.25) is 10.0 Å². The van der Waals surface area contributed by atoms with Gasteiger partial charge in [0.25, 0.3) is 0 Å². The summed E-state index contributed by atoms with van der Waals surface area (Å²) in [6.07, 6.45) is 3.85. The van der Waals surface area contributed by atoms with Crippen LogP contribution in [0.25, 0.3) is 0 Å². The van der Waals surface area contributed by atoms with Crippen LogP contribution in [0.15, 0.2) is 41.4 Å². The molecular formula is C17H22N2O2S. The molecule has 22 heavy (non-hydrogen) atoms. The molecule has 0 aliphatic heterocycles. The molecule has 0 N–H and O–H groups in total. The average molecular weight is 318 g/mol. The van der Waals surface area contributed by atoms with Crippen molar-refractivity contribution in [3.63, 3.8) is 0 Å². The van der Waals surface area contributed by atoms with E-state index in [-0.39, 0.29) is 6.04 Å². The quantitative estimate of drug-likeness (QED) is 0.850. The lowest BCUT2D eigenvalue weighted by Crippen LogP contribution is -2.33. The highest BCUT2D eigenvalue weighted by Crippen LogP contribution is 2.34. The van der Waals surface area contributed by atoms with Crippen molar-refractivity contribution in [2.45, 2.75) is 44.2 Å². The number of aryl methyl sites for hydroxylation is 3. The summed E-state index contributed by atoms with van der Waals surface area (Å²) in [5.41, 5.74) is 2.91. The maximum absolute atomic E-state index is 13.1. The Kier molecular flexibility index (Phi) is 3.87. The van der Waals surface area contributed by atoms with Gasteiger partial charge in [0.15, 0.2) is 0 Å². The molecule has 1 saturated carbocycles. The van der Waals surface area contributed by atoms with Crippen LogP contribution < -0.4 is 0 Å². The van der Waals surface area contributed by atoms with E-state index in [0.717, 1.165) is 29.7 Å². The first-order valence-electron chi connectivity index (χ1n) is 7.59. The first-order valence-corrected chi connectivity index (χ1v) is 9.03. The van der Waals surface area contributed by atoms with Crippen LogP contribution in [-0.2, 0) is 23.6 Å². The first kappa shape index (κ1) is 15.3. The second-order valence-electron chi connectivity index (χ2n) is 6.16. The lowest BCUT2D eigenvalue weighted by atomic mass is 10.2. The number of hydrogen-bond acceptors (Lipinski definition) is 2. The third-order valence-corrected chi connectivity index (χ3v) is 6.30. The Balaban J connectivity index is 1.98. The molecule has 3 rings (SSSR count).